The van der Waals surface area contributed by atoms with Crippen LogP contribution in [0.3, 0.4) is 0 Å². The van der Waals surface area contributed by atoms with Gasteiger partial charge in [-0.1, -0.05) is 224 Å². The zero-order chi connectivity index (χ0) is 47.3. The van der Waals surface area contributed by atoms with Crippen LogP contribution < -0.4 is 0 Å². The van der Waals surface area contributed by atoms with Crippen molar-refractivity contribution >= 4 is 97.0 Å². The molecule has 0 bridgehead atoms. The van der Waals surface area contributed by atoms with Gasteiger partial charge in [0.1, 0.15) is 0 Å². The van der Waals surface area contributed by atoms with Gasteiger partial charge in [0.25, 0.3) is 0 Å². The summed E-state index contributed by atoms with van der Waals surface area (Å²) in [6.07, 6.45) is 0. The van der Waals surface area contributed by atoms with Crippen LogP contribution in [0.4, 0.5) is 0 Å². The summed E-state index contributed by atoms with van der Waals surface area (Å²) in [5.41, 5.74) is 12.2. The highest BCUT2D eigenvalue weighted by molar-refractivity contribution is 6.39. The van der Waals surface area contributed by atoms with E-state index in [-0.39, 0.29) is 0 Å². The van der Waals surface area contributed by atoms with Crippen LogP contribution in [0.15, 0.2) is 267 Å². The molecule has 72 heavy (non-hydrogen) atoms. The minimum atomic E-state index is 1.20. The summed E-state index contributed by atoms with van der Waals surface area (Å²) in [5.74, 6) is 0. The molecule has 0 aliphatic carbocycles. The van der Waals surface area contributed by atoms with Crippen LogP contribution in [-0.2, 0) is 0 Å². The molecule has 0 amide bonds. The molecular weight excluding hydrogens is 865 g/mol. The van der Waals surface area contributed by atoms with Gasteiger partial charge in [-0.05, 0) is 195 Å². The summed E-state index contributed by atoms with van der Waals surface area (Å²) in [6, 6.07) is 100. The summed E-state index contributed by atoms with van der Waals surface area (Å²) >= 11 is 0. The molecule has 15 rings (SSSR count). The smallest absolute Gasteiger partial charge is 0.000740 e. The first-order chi connectivity index (χ1) is 35.7. The summed E-state index contributed by atoms with van der Waals surface area (Å²) in [6.45, 7) is 0. The SMILES string of the molecule is c1ccc(-c2cc3ccccc3cc2-c2c3ccccc3c(-c3cc4ccccc4c4ccccc34)c3c4ccc(-c5ccc6ccccc6c5)cc4c4cc(-c5ccc6ccccc6c5)ccc4c23)cc1. The van der Waals surface area contributed by atoms with Crippen LogP contribution in [0.2, 0.25) is 0 Å². The Morgan fingerprint density at radius 2 is 0.528 bits per heavy atom. The van der Waals surface area contributed by atoms with Gasteiger partial charge in [0.05, 0.1) is 0 Å². The third-order valence-corrected chi connectivity index (χ3v) is 15.5. The van der Waals surface area contributed by atoms with E-state index in [0.29, 0.717) is 0 Å². The monoisotopic (exact) mass is 908 g/mol. The van der Waals surface area contributed by atoms with Crippen LogP contribution in [0.5, 0.6) is 0 Å². The minimum absolute atomic E-state index is 1.20. The first kappa shape index (κ1) is 40.5. The molecule has 0 heterocycles. The van der Waals surface area contributed by atoms with E-state index >= 15 is 0 Å². The lowest BCUT2D eigenvalue weighted by molar-refractivity contribution is 1.63. The van der Waals surface area contributed by atoms with E-state index in [9.17, 15) is 0 Å². The maximum Gasteiger partial charge on any atom is -0.000740 e. The topological polar surface area (TPSA) is 0 Å². The lowest BCUT2D eigenvalue weighted by atomic mass is 9.78. The van der Waals surface area contributed by atoms with E-state index in [1.807, 2.05) is 0 Å². The molecule has 0 saturated carbocycles. The number of hydrogen-bond acceptors (Lipinski definition) is 0. The van der Waals surface area contributed by atoms with Gasteiger partial charge in [-0.2, -0.15) is 0 Å². The molecule has 0 unspecified atom stereocenters. The Labute approximate surface area is 417 Å². The van der Waals surface area contributed by atoms with Crippen LogP contribution in [0, 0.1) is 0 Å². The van der Waals surface area contributed by atoms with Crippen molar-refractivity contribution in [1.82, 2.24) is 0 Å². The molecule has 0 saturated heterocycles. The van der Waals surface area contributed by atoms with Crippen molar-refractivity contribution in [2.24, 2.45) is 0 Å². The highest BCUT2D eigenvalue weighted by Crippen LogP contribution is 2.53. The quantitative estimate of drug-likeness (QED) is 0.119. The van der Waals surface area contributed by atoms with Crippen LogP contribution in [-0.4, -0.2) is 0 Å². The first-order valence-electron chi connectivity index (χ1n) is 25.1. The van der Waals surface area contributed by atoms with Crippen LogP contribution in [0.1, 0.15) is 0 Å². The molecule has 0 heteroatoms. The predicted molar refractivity (Wildman–Crippen MR) is 311 cm³/mol. The van der Waals surface area contributed by atoms with Crippen molar-refractivity contribution < 1.29 is 0 Å². The van der Waals surface area contributed by atoms with Gasteiger partial charge in [-0.15, -0.1) is 0 Å². The summed E-state index contributed by atoms with van der Waals surface area (Å²) in [5, 5.41) is 22.4. The second kappa shape index (κ2) is 16.1. The largest absolute Gasteiger partial charge is 0.0622 e. The second-order valence-electron chi connectivity index (χ2n) is 19.5. The van der Waals surface area contributed by atoms with E-state index < -0.39 is 0 Å². The fourth-order valence-electron chi connectivity index (χ4n) is 12.2. The normalized spacial score (nSPS) is 11.9. The van der Waals surface area contributed by atoms with E-state index in [0.717, 1.165) is 0 Å². The summed E-state index contributed by atoms with van der Waals surface area (Å²) in [7, 11) is 0. The van der Waals surface area contributed by atoms with Gasteiger partial charge in [-0.3, -0.25) is 0 Å². The molecule has 332 valence electrons. The zero-order valence-corrected chi connectivity index (χ0v) is 39.4. The van der Waals surface area contributed by atoms with Crippen LogP contribution >= 0.6 is 0 Å². The maximum atomic E-state index is 2.48. The van der Waals surface area contributed by atoms with Gasteiger partial charge in [0.2, 0.25) is 0 Å². The van der Waals surface area contributed by atoms with E-state index in [4.69, 9.17) is 0 Å². The molecule has 0 spiro atoms. The van der Waals surface area contributed by atoms with Gasteiger partial charge in [0.15, 0.2) is 0 Å². The van der Waals surface area contributed by atoms with Crippen molar-refractivity contribution in [2.75, 3.05) is 0 Å². The van der Waals surface area contributed by atoms with Gasteiger partial charge in [0, 0.05) is 0 Å². The molecular formula is C72H44. The fourth-order valence-corrected chi connectivity index (χ4v) is 12.2. The Hall–Kier alpha value is -9.36. The summed E-state index contributed by atoms with van der Waals surface area (Å²) in [4.78, 5) is 0. The average molecular weight is 909 g/mol. The first-order valence-corrected chi connectivity index (χ1v) is 25.1. The lowest BCUT2D eigenvalue weighted by Crippen LogP contribution is -1.97. The molecule has 0 radical (unpaired) electrons. The Morgan fingerprint density at radius 1 is 0.153 bits per heavy atom. The minimum Gasteiger partial charge on any atom is -0.0622 e. The fraction of sp³-hybridized carbons (Fsp3) is 0. The Morgan fingerprint density at radius 3 is 1.08 bits per heavy atom. The standard InChI is InChI=1S/C72H44/c1-2-18-47(19-3-1)64-40-50-22-8-9-23-51(50)43-68(64)70-61-29-15-14-28-60(61)69(67-44-56-24-10-11-25-57(56)58-26-12-13-27-59(58)67)71-62-36-34-54(52-32-30-45-16-4-6-20-48(45)38-52)41-65(62)66-42-55(35-37-63(66)72(70)71)53-33-31-46-17-5-7-21-49(46)39-53/h1-44H. The molecule has 0 nitrogen and oxygen atoms in total. The molecule has 0 atom stereocenters. The Kier molecular flexibility index (Phi) is 9.06. The van der Waals surface area contributed by atoms with Crippen LogP contribution in [0.25, 0.3) is 153 Å². The zero-order valence-electron chi connectivity index (χ0n) is 39.4. The molecule has 0 N–H and O–H groups in total. The van der Waals surface area contributed by atoms with Crippen molar-refractivity contribution in [1.29, 1.82) is 0 Å². The Balaban J connectivity index is 1.17. The van der Waals surface area contributed by atoms with Crippen molar-refractivity contribution in [3.8, 4) is 55.6 Å². The number of rotatable bonds is 5. The average Bonchev–Trinajstić information content (AvgIpc) is 3.46. The molecule has 0 fully saturated rings. The molecule has 0 aliphatic rings. The molecule has 15 aromatic carbocycles. The second-order valence-corrected chi connectivity index (χ2v) is 19.5. The van der Waals surface area contributed by atoms with Crippen molar-refractivity contribution in [2.45, 2.75) is 0 Å². The summed E-state index contributed by atoms with van der Waals surface area (Å²) < 4.78 is 0. The molecule has 0 aliphatic heterocycles. The lowest BCUT2D eigenvalue weighted by Gasteiger charge is -2.24. The molecule has 15 aromatic rings. The number of hydrogen-bond donors (Lipinski definition) is 0. The number of fused-ring (bicyclic) bond motifs is 13. The maximum absolute atomic E-state index is 2.48. The molecule has 0 aromatic heterocycles. The highest BCUT2D eigenvalue weighted by atomic mass is 14.3. The van der Waals surface area contributed by atoms with E-state index in [1.165, 1.54) is 153 Å². The van der Waals surface area contributed by atoms with Gasteiger partial charge in [-0.25, -0.2) is 0 Å². The van der Waals surface area contributed by atoms with Gasteiger partial charge >= 0.3 is 0 Å². The van der Waals surface area contributed by atoms with Crippen molar-refractivity contribution in [3.05, 3.63) is 267 Å². The van der Waals surface area contributed by atoms with E-state index in [2.05, 4.69) is 267 Å². The number of benzene rings is 15. The van der Waals surface area contributed by atoms with E-state index in [1.54, 1.807) is 0 Å². The Bertz CT molecular complexity index is 4730. The van der Waals surface area contributed by atoms with Crippen molar-refractivity contribution in [3.63, 3.8) is 0 Å². The van der Waals surface area contributed by atoms with Gasteiger partial charge < -0.3 is 0 Å². The predicted octanol–water partition coefficient (Wildman–Crippen LogP) is 20.4. The third-order valence-electron chi connectivity index (χ3n) is 15.5. The highest BCUT2D eigenvalue weighted by Gasteiger charge is 2.26. The third kappa shape index (κ3) is 6.33.